The number of fused-ring (bicyclic) bond motifs is 2. The molecular formula is C37H25BrO. The SMILES string of the molecule is Brc1ccc(-c2cc3c(cc2-c2ccccc2)Oc2ccccc2C3(c2ccccc2)c2ccccc2)cc1. The van der Waals surface area contributed by atoms with Crippen LogP contribution in [0.25, 0.3) is 22.3 Å². The zero-order chi connectivity index (χ0) is 26.2. The lowest BCUT2D eigenvalue weighted by Crippen LogP contribution is -2.34. The van der Waals surface area contributed by atoms with E-state index in [0.29, 0.717) is 0 Å². The zero-order valence-corrected chi connectivity index (χ0v) is 22.8. The molecule has 2 heteroatoms. The molecule has 0 radical (unpaired) electrons. The van der Waals surface area contributed by atoms with Gasteiger partial charge in [0.05, 0.1) is 5.41 Å². The average Bonchev–Trinajstić information content (AvgIpc) is 3.01. The predicted octanol–water partition coefficient (Wildman–Crippen LogP) is 10.3. The van der Waals surface area contributed by atoms with E-state index < -0.39 is 5.41 Å². The summed E-state index contributed by atoms with van der Waals surface area (Å²) in [5, 5.41) is 0. The van der Waals surface area contributed by atoms with Gasteiger partial charge in [-0.3, -0.25) is 0 Å². The number of halogens is 1. The molecule has 39 heavy (non-hydrogen) atoms. The fourth-order valence-corrected chi connectivity index (χ4v) is 6.24. The fourth-order valence-electron chi connectivity index (χ4n) is 5.98. The van der Waals surface area contributed by atoms with Gasteiger partial charge in [-0.15, -0.1) is 0 Å². The first kappa shape index (κ1) is 23.7. The highest BCUT2D eigenvalue weighted by molar-refractivity contribution is 9.10. The van der Waals surface area contributed by atoms with Crippen LogP contribution >= 0.6 is 15.9 Å². The van der Waals surface area contributed by atoms with Crippen LogP contribution in [-0.4, -0.2) is 0 Å². The van der Waals surface area contributed by atoms with Gasteiger partial charge in [0.2, 0.25) is 0 Å². The first-order valence-corrected chi connectivity index (χ1v) is 13.9. The Balaban J connectivity index is 1.63. The second-order valence-electron chi connectivity index (χ2n) is 9.85. The monoisotopic (exact) mass is 564 g/mol. The largest absolute Gasteiger partial charge is 0.457 e. The van der Waals surface area contributed by atoms with Crippen molar-refractivity contribution >= 4 is 15.9 Å². The number of hydrogen-bond donors (Lipinski definition) is 0. The second-order valence-corrected chi connectivity index (χ2v) is 10.8. The van der Waals surface area contributed by atoms with Crippen molar-refractivity contribution in [2.75, 3.05) is 0 Å². The molecule has 1 aliphatic heterocycles. The van der Waals surface area contributed by atoms with Gasteiger partial charge >= 0.3 is 0 Å². The molecule has 0 aliphatic carbocycles. The minimum atomic E-state index is -0.550. The van der Waals surface area contributed by atoms with E-state index in [1.54, 1.807) is 0 Å². The van der Waals surface area contributed by atoms with E-state index in [-0.39, 0.29) is 0 Å². The maximum absolute atomic E-state index is 6.74. The molecule has 0 saturated carbocycles. The smallest absolute Gasteiger partial charge is 0.132 e. The summed E-state index contributed by atoms with van der Waals surface area (Å²) in [5.74, 6) is 1.76. The van der Waals surface area contributed by atoms with Crippen molar-refractivity contribution in [3.05, 3.63) is 178 Å². The third kappa shape index (κ3) is 3.91. The van der Waals surface area contributed by atoms with Gasteiger partial charge in [0, 0.05) is 15.6 Å². The highest BCUT2D eigenvalue weighted by Crippen LogP contribution is 2.57. The molecule has 0 fully saturated rings. The fraction of sp³-hybridized carbons (Fsp3) is 0.0270. The first-order valence-electron chi connectivity index (χ1n) is 13.1. The molecule has 0 unspecified atom stereocenters. The molecule has 1 heterocycles. The Hall–Kier alpha value is -4.40. The number of para-hydroxylation sites is 1. The molecule has 7 rings (SSSR count). The molecule has 0 saturated heterocycles. The van der Waals surface area contributed by atoms with E-state index in [1.807, 2.05) is 0 Å². The van der Waals surface area contributed by atoms with Crippen LogP contribution in [-0.2, 0) is 5.41 Å². The molecule has 0 amide bonds. The summed E-state index contributed by atoms with van der Waals surface area (Å²) in [6, 6.07) is 53.9. The van der Waals surface area contributed by atoms with Gasteiger partial charge in [0.15, 0.2) is 0 Å². The Morgan fingerprint density at radius 2 is 0.949 bits per heavy atom. The van der Waals surface area contributed by atoms with Gasteiger partial charge in [-0.05, 0) is 63.7 Å². The molecule has 0 spiro atoms. The molecule has 0 bridgehead atoms. The molecule has 0 N–H and O–H groups in total. The topological polar surface area (TPSA) is 9.23 Å². The predicted molar refractivity (Wildman–Crippen MR) is 163 cm³/mol. The van der Waals surface area contributed by atoms with Crippen LogP contribution in [0.4, 0.5) is 0 Å². The average molecular weight is 566 g/mol. The summed E-state index contributed by atoms with van der Waals surface area (Å²) in [6.07, 6.45) is 0. The van der Waals surface area contributed by atoms with Crippen molar-refractivity contribution in [2.45, 2.75) is 5.41 Å². The summed E-state index contributed by atoms with van der Waals surface area (Å²) in [5.41, 5.74) is 8.79. The summed E-state index contributed by atoms with van der Waals surface area (Å²) >= 11 is 3.62. The van der Waals surface area contributed by atoms with Crippen molar-refractivity contribution in [3.8, 4) is 33.8 Å². The van der Waals surface area contributed by atoms with E-state index in [0.717, 1.165) is 43.8 Å². The lowest BCUT2D eigenvalue weighted by atomic mass is 9.63. The van der Waals surface area contributed by atoms with Crippen molar-refractivity contribution in [1.82, 2.24) is 0 Å². The third-order valence-electron chi connectivity index (χ3n) is 7.69. The van der Waals surface area contributed by atoms with Gasteiger partial charge in [0.1, 0.15) is 11.5 Å². The van der Waals surface area contributed by atoms with Crippen LogP contribution in [0, 0.1) is 0 Å². The Bertz CT molecular complexity index is 1720. The summed E-state index contributed by atoms with van der Waals surface area (Å²) in [4.78, 5) is 0. The molecule has 186 valence electrons. The van der Waals surface area contributed by atoms with Gasteiger partial charge in [-0.1, -0.05) is 137 Å². The van der Waals surface area contributed by atoms with Gasteiger partial charge in [0.25, 0.3) is 0 Å². The Labute approximate surface area is 237 Å². The summed E-state index contributed by atoms with van der Waals surface area (Å²) in [6.45, 7) is 0. The quantitative estimate of drug-likeness (QED) is 0.206. The third-order valence-corrected chi connectivity index (χ3v) is 8.22. The Kier molecular flexibility index (Phi) is 5.91. The Morgan fingerprint density at radius 3 is 1.59 bits per heavy atom. The number of rotatable bonds is 4. The van der Waals surface area contributed by atoms with Crippen LogP contribution in [0.1, 0.15) is 22.3 Å². The van der Waals surface area contributed by atoms with E-state index in [4.69, 9.17) is 4.74 Å². The summed E-state index contributed by atoms with van der Waals surface area (Å²) in [7, 11) is 0. The highest BCUT2D eigenvalue weighted by Gasteiger charge is 2.45. The summed E-state index contributed by atoms with van der Waals surface area (Å²) < 4.78 is 7.80. The molecule has 0 aromatic heterocycles. The van der Waals surface area contributed by atoms with E-state index in [2.05, 4.69) is 168 Å². The van der Waals surface area contributed by atoms with Crippen molar-refractivity contribution < 1.29 is 4.74 Å². The van der Waals surface area contributed by atoms with Crippen LogP contribution in [0.3, 0.4) is 0 Å². The maximum Gasteiger partial charge on any atom is 0.132 e. The van der Waals surface area contributed by atoms with Gasteiger partial charge < -0.3 is 4.74 Å². The van der Waals surface area contributed by atoms with Crippen molar-refractivity contribution in [3.63, 3.8) is 0 Å². The van der Waals surface area contributed by atoms with E-state index >= 15 is 0 Å². The first-order chi connectivity index (χ1) is 19.2. The Morgan fingerprint density at radius 1 is 0.436 bits per heavy atom. The van der Waals surface area contributed by atoms with E-state index in [9.17, 15) is 0 Å². The zero-order valence-electron chi connectivity index (χ0n) is 21.2. The van der Waals surface area contributed by atoms with Crippen LogP contribution in [0.5, 0.6) is 11.5 Å². The highest BCUT2D eigenvalue weighted by atomic mass is 79.9. The van der Waals surface area contributed by atoms with E-state index in [1.165, 1.54) is 16.7 Å². The number of ether oxygens (including phenoxy) is 1. The molecule has 0 atom stereocenters. The number of hydrogen-bond acceptors (Lipinski definition) is 1. The minimum absolute atomic E-state index is 0.550. The molecule has 6 aromatic carbocycles. The minimum Gasteiger partial charge on any atom is -0.457 e. The van der Waals surface area contributed by atoms with Crippen LogP contribution in [0.2, 0.25) is 0 Å². The lowest BCUT2D eigenvalue weighted by molar-refractivity contribution is 0.435. The van der Waals surface area contributed by atoms with Gasteiger partial charge in [-0.2, -0.15) is 0 Å². The molecule has 1 nitrogen and oxygen atoms in total. The van der Waals surface area contributed by atoms with Crippen LogP contribution < -0.4 is 4.74 Å². The lowest BCUT2D eigenvalue weighted by Gasteiger charge is -2.42. The standard InChI is InChI=1S/C37H25BrO/c38-30-22-20-27(21-23-30)31-24-34-36(25-32(31)26-12-4-1-5-13-26)39-35-19-11-10-18-33(35)37(34,28-14-6-2-7-15-28)29-16-8-3-9-17-29/h1-25H. The number of benzene rings is 6. The van der Waals surface area contributed by atoms with Gasteiger partial charge in [-0.25, -0.2) is 0 Å². The van der Waals surface area contributed by atoms with Crippen molar-refractivity contribution in [2.24, 2.45) is 0 Å². The normalized spacial score (nSPS) is 13.2. The molecular weight excluding hydrogens is 540 g/mol. The second kappa shape index (κ2) is 9.72. The van der Waals surface area contributed by atoms with Crippen molar-refractivity contribution in [1.29, 1.82) is 0 Å². The maximum atomic E-state index is 6.74. The molecule has 6 aromatic rings. The molecule has 1 aliphatic rings. The van der Waals surface area contributed by atoms with Crippen LogP contribution in [0.15, 0.2) is 156 Å².